The maximum Gasteiger partial charge on any atom is 0.239 e. The highest BCUT2D eigenvalue weighted by Gasteiger charge is 2.28. The van der Waals surface area contributed by atoms with Crippen LogP contribution in [0.25, 0.3) is 0 Å². The predicted molar refractivity (Wildman–Crippen MR) is 72.0 cm³/mol. The minimum absolute atomic E-state index is 0.0802. The summed E-state index contributed by atoms with van der Waals surface area (Å²) in [5, 5.41) is 30.5. The van der Waals surface area contributed by atoms with Crippen molar-refractivity contribution in [1.82, 2.24) is 4.98 Å². The number of hydrogen-bond acceptors (Lipinski definition) is 7. The molecule has 0 saturated carbocycles. The highest BCUT2D eigenvalue weighted by atomic mass is 16.5. The number of ether oxygens (including phenoxy) is 1. The molecule has 0 fully saturated rings. The summed E-state index contributed by atoms with van der Waals surface area (Å²) in [5.74, 6) is 0.615. The van der Waals surface area contributed by atoms with Gasteiger partial charge in [-0.2, -0.15) is 4.98 Å². The Kier molecular flexibility index (Phi) is 5.34. The van der Waals surface area contributed by atoms with Gasteiger partial charge in [0.15, 0.2) is 0 Å². The Hall–Kier alpha value is -1.57. The average Bonchev–Trinajstić information content (AvgIpc) is 2.39. The van der Waals surface area contributed by atoms with Gasteiger partial charge in [-0.15, -0.1) is 0 Å². The van der Waals surface area contributed by atoms with E-state index in [4.69, 9.17) is 10.5 Å². The molecule has 7 heteroatoms. The summed E-state index contributed by atoms with van der Waals surface area (Å²) in [6, 6.07) is 3.18. The SMILES string of the molecule is CC(C)Oc1nc(NC(CO)(CO)CO)ccc1N. The Morgan fingerprint density at radius 3 is 2.32 bits per heavy atom. The summed E-state index contributed by atoms with van der Waals surface area (Å²) >= 11 is 0. The second-order valence-electron chi connectivity index (χ2n) is 4.64. The normalized spacial score (nSPS) is 11.7. The number of hydrogen-bond donors (Lipinski definition) is 5. The van der Waals surface area contributed by atoms with Crippen LogP contribution in [0.4, 0.5) is 11.5 Å². The standard InChI is InChI=1S/C12H21N3O4/c1-8(2)19-11-9(13)3-4-10(14-11)15-12(5-16,6-17)7-18/h3-4,8,16-18H,5-7,13H2,1-2H3,(H,14,15). The number of pyridine rings is 1. The first-order valence-electron chi connectivity index (χ1n) is 6.00. The van der Waals surface area contributed by atoms with Crippen molar-refractivity contribution in [2.75, 3.05) is 30.9 Å². The lowest BCUT2D eigenvalue weighted by molar-refractivity contribution is 0.0830. The molecule has 0 atom stereocenters. The summed E-state index contributed by atoms with van der Waals surface area (Å²) < 4.78 is 5.44. The van der Waals surface area contributed by atoms with E-state index in [9.17, 15) is 15.3 Å². The monoisotopic (exact) mass is 271 g/mol. The minimum Gasteiger partial charge on any atom is -0.473 e. The van der Waals surface area contributed by atoms with E-state index in [-0.39, 0.29) is 12.0 Å². The van der Waals surface area contributed by atoms with E-state index in [1.54, 1.807) is 12.1 Å². The lowest BCUT2D eigenvalue weighted by Crippen LogP contribution is -2.49. The molecule has 0 spiro atoms. The second kappa shape index (κ2) is 6.55. The maximum absolute atomic E-state index is 9.24. The molecule has 7 nitrogen and oxygen atoms in total. The molecule has 0 unspecified atom stereocenters. The van der Waals surface area contributed by atoms with Crippen molar-refractivity contribution in [2.45, 2.75) is 25.5 Å². The van der Waals surface area contributed by atoms with E-state index in [1.807, 2.05) is 13.8 Å². The molecule has 0 bridgehead atoms. The van der Waals surface area contributed by atoms with Crippen LogP contribution in [0.5, 0.6) is 5.88 Å². The first-order valence-corrected chi connectivity index (χ1v) is 6.00. The number of anilines is 2. The molecule has 1 heterocycles. The van der Waals surface area contributed by atoms with Crippen LogP contribution in [0.15, 0.2) is 12.1 Å². The number of aliphatic hydroxyl groups excluding tert-OH is 3. The van der Waals surface area contributed by atoms with Crippen LogP contribution >= 0.6 is 0 Å². The van der Waals surface area contributed by atoms with E-state index in [0.29, 0.717) is 11.5 Å². The van der Waals surface area contributed by atoms with Crippen molar-refractivity contribution in [1.29, 1.82) is 0 Å². The number of nitrogens with one attached hydrogen (secondary N) is 1. The van der Waals surface area contributed by atoms with Crippen molar-refractivity contribution >= 4 is 11.5 Å². The number of nitrogens with two attached hydrogens (primary N) is 1. The molecular formula is C12H21N3O4. The van der Waals surface area contributed by atoms with Gasteiger partial charge in [-0.05, 0) is 26.0 Å². The van der Waals surface area contributed by atoms with Gasteiger partial charge in [0.25, 0.3) is 0 Å². The molecule has 19 heavy (non-hydrogen) atoms. The summed E-state index contributed by atoms with van der Waals surface area (Å²) in [6.07, 6.45) is -0.0802. The molecule has 1 aromatic heterocycles. The molecular weight excluding hydrogens is 250 g/mol. The van der Waals surface area contributed by atoms with Gasteiger partial charge in [-0.1, -0.05) is 0 Å². The average molecular weight is 271 g/mol. The van der Waals surface area contributed by atoms with Crippen LogP contribution in [0, 0.1) is 0 Å². The summed E-state index contributed by atoms with van der Waals surface area (Å²) in [5.41, 5.74) is 4.89. The molecule has 6 N–H and O–H groups in total. The van der Waals surface area contributed by atoms with Gasteiger partial charge >= 0.3 is 0 Å². The fraction of sp³-hybridized carbons (Fsp3) is 0.583. The first kappa shape index (κ1) is 15.5. The minimum atomic E-state index is -1.24. The van der Waals surface area contributed by atoms with Crippen molar-refractivity contribution in [3.8, 4) is 5.88 Å². The third kappa shape index (κ3) is 3.95. The number of nitrogens with zero attached hydrogens (tertiary/aromatic N) is 1. The van der Waals surface area contributed by atoms with E-state index in [0.717, 1.165) is 0 Å². The molecule has 1 aromatic rings. The third-order valence-corrected chi connectivity index (χ3v) is 2.54. The Morgan fingerprint density at radius 2 is 1.84 bits per heavy atom. The van der Waals surface area contributed by atoms with Crippen molar-refractivity contribution in [2.24, 2.45) is 0 Å². The number of rotatable bonds is 7. The Bertz CT molecular complexity index is 400. The number of aliphatic hydroxyl groups is 3. The largest absolute Gasteiger partial charge is 0.473 e. The lowest BCUT2D eigenvalue weighted by Gasteiger charge is -2.29. The Labute approximate surface area is 112 Å². The smallest absolute Gasteiger partial charge is 0.239 e. The molecule has 108 valence electrons. The topological polar surface area (TPSA) is 121 Å². The highest BCUT2D eigenvalue weighted by molar-refractivity contribution is 5.54. The van der Waals surface area contributed by atoms with Crippen LogP contribution in [-0.2, 0) is 0 Å². The van der Waals surface area contributed by atoms with Gasteiger partial charge in [-0.25, -0.2) is 0 Å². The summed E-state index contributed by atoms with van der Waals surface area (Å²) in [7, 11) is 0. The van der Waals surface area contributed by atoms with Gasteiger partial charge in [-0.3, -0.25) is 0 Å². The number of nitrogen functional groups attached to an aromatic ring is 1. The zero-order chi connectivity index (χ0) is 14.5. The third-order valence-electron chi connectivity index (χ3n) is 2.54. The highest BCUT2D eigenvalue weighted by Crippen LogP contribution is 2.23. The molecule has 0 radical (unpaired) electrons. The van der Waals surface area contributed by atoms with Crippen molar-refractivity contribution in [3.63, 3.8) is 0 Å². The van der Waals surface area contributed by atoms with Gasteiger partial charge < -0.3 is 31.1 Å². The maximum atomic E-state index is 9.24. The second-order valence-corrected chi connectivity index (χ2v) is 4.64. The lowest BCUT2D eigenvalue weighted by atomic mass is 10.0. The van der Waals surface area contributed by atoms with Gasteiger partial charge in [0, 0.05) is 0 Å². The van der Waals surface area contributed by atoms with E-state index in [1.165, 1.54) is 0 Å². The van der Waals surface area contributed by atoms with Crippen molar-refractivity contribution < 1.29 is 20.1 Å². The number of aromatic nitrogens is 1. The van der Waals surface area contributed by atoms with Crippen LogP contribution in [0.1, 0.15) is 13.8 Å². The predicted octanol–water partition coefficient (Wildman–Crippen LogP) is -0.421. The fourth-order valence-corrected chi connectivity index (χ4v) is 1.38. The molecule has 1 rings (SSSR count). The quantitative estimate of drug-likeness (QED) is 0.456. The van der Waals surface area contributed by atoms with Crippen molar-refractivity contribution in [3.05, 3.63) is 12.1 Å². The molecule has 0 aromatic carbocycles. The van der Waals surface area contributed by atoms with E-state index < -0.39 is 25.4 Å². The Balaban J connectivity index is 2.95. The zero-order valence-corrected chi connectivity index (χ0v) is 11.1. The van der Waals surface area contributed by atoms with Gasteiger partial charge in [0.1, 0.15) is 11.4 Å². The van der Waals surface area contributed by atoms with Gasteiger partial charge in [0.2, 0.25) is 5.88 Å². The van der Waals surface area contributed by atoms with Crippen LogP contribution in [0.3, 0.4) is 0 Å². The summed E-state index contributed by atoms with van der Waals surface area (Å²) in [4.78, 5) is 4.15. The van der Waals surface area contributed by atoms with Crippen LogP contribution in [0.2, 0.25) is 0 Å². The zero-order valence-electron chi connectivity index (χ0n) is 11.1. The molecule has 0 amide bonds. The molecule has 0 saturated heterocycles. The van der Waals surface area contributed by atoms with Crippen LogP contribution in [-0.4, -0.2) is 51.8 Å². The van der Waals surface area contributed by atoms with Crippen LogP contribution < -0.4 is 15.8 Å². The molecule has 0 aliphatic heterocycles. The fourth-order valence-electron chi connectivity index (χ4n) is 1.38. The summed E-state index contributed by atoms with van der Waals surface area (Å²) in [6.45, 7) is 2.38. The van der Waals surface area contributed by atoms with E-state index in [2.05, 4.69) is 10.3 Å². The Morgan fingerprint density at radius 1 is 1.26 bits per heavy atom. The molecule has 0 aliphatic rings. The van der Waals surface area contributed by atoms with E-state index >= 15 is 0 Å². The molecule has 0 aliphatic carbocycles. The van der Waals surface area contributed by atoms with Gasteiger partial charge in [0.05, 0.1) is 31.6 Å². The first-order chi connectivity index (χ1) is 8.96.